The van der Waals surface area contributed by atoms with Crippen LogP contribution in [0.3, 0.4) is 0 Å². The lowest BCUT2D eigenvalue weighted by atomic mass is 10.2. The maximum Gasteiger partial charge on any atom is 0.311 e. The minimum atomic E-state index is -0.721. The normalized spacial score (nSPS) is 10.9. The molecule has 0 fully saturated rings. The highest BCUT2D eigenvalue weighted by molar-refractivity contribution is 7.71. The van der Waals surface area contributed by atoms with Gasteiger partial charge in [0.25, 0.3) is 5.56 Å². The lowest BCUT2D eigenvalue weighted by molar-refractivity contribution is -0.385. The van der Waals surface area contributed by atoms with Crippen molar-refractivity contribution in [3.8, 4) is 5.75 Å². The number of nitrogens with zero attached hydrogens (tertiary/aromatic N) is 4. The Hall–Kier alpha value is -2.88. The van der Waals surface area contributed by atoms with Gasteiger partial charge in [0.05, 0.1) is 11.1 Å². The largest absolute Gasteiger partial charge is 0.502 e. The van der Waals surface area contributed by atoms with Crippen LogP contribution in [0.25, 0.3) is 0 Å². The standard InChI is InChI=1S/C11H9N5O4S/c1-6-10(18)15(11(21)14-13-6)12-5-7-2-3-9(17)8(4-7)16(19)20/h2-5,17H,1H3,(H,14,21)/b12-5-. The number of nitro benzene ring substituents is 1. The molecule has 1 heterocycles. The van der Waals surface area contributed by atoms with E-state index >= 15 is 0 Å². The van der Waals surface area contributed by atoms with Gasteiger partial charge in [-0.25, -0.2) is 0 Å². The van der Waals surface area contributed by atoms with Gasteiger partial charge in [-0.1, -0.05) is 0 Å². The monoisotopic (exact) mass is 307 g/mol. The average molecular weight is 307 g/mol. The second-order valence-electron chi connectivity index (χ2n) is 3.98. The fourth-order valence-corrected chi connectivity index (χ4v) is 1.64. The number of nitrogens with one attached hydrogen (secondary N) is 1. The van der Waals surface area contributed by atoms with E-state index in [4.69, 9.17) is 12.2 Å². The van der Waals surface area contributed by atoms with E-state index in [0.29, 0.717) is 5.56 Å². The minimum absolute atomic E-state index is 0.00451. The number of aryl methyl sites for hydroxylation is 1. The minimum Gasteiger partial charge on any atom is -0.502 e. The summed E-state index contributed by atoms with van der Waals surface area (Å²) in [7, 11) is 0. The fourth-order valence-electron chi connectivity index (χ4n) is 1.47. The van der Waals surface area contributed by atoms with E-state index in [2.05, 4.69) is 15.3 Å². The van der Waals surface area contributed by atoms with Crippen molar-refractivity contribution in [1.82, 2.24) is 14.9 Å². The Morgan fingerprint density at radius 1 is 1.57 bits per heavy atom. The summed E-state index contributed by atoms with van der Waals surface area (Å²) in [5, 5.41) is 30.1. The van der Waals surface area contributed by atoms with Gasteiger partial charge in [-0.05, 0) is 31.3 Å². The zero-order valence-corrected chi connectivity index (χ0v) is 11.5. The number of aromatic amines is 1. The number of phenols is 1. The lowest BCUT2D eigenvalue weighted by Crippen LogP contribution is -2.22. The van der Waals surface area contributed by atoms with E-state index in [0.717, 1.165) is 10.7 Å². The van der Waals surface area contributed by atoms with Crippen molar-refractivity contribution in [2.24, 2.45) is 5.10 Å². The molecule has 1 aromatic carbocycles. The van der Waals surface area contributed by atoms with Crippen molar-refractivity contribution < 1.29 is 10.0 Å². The van der Waals surface area contributed by atoms with Crippen LogP contribution < -0.4 is 5.56 Å². The highest BCUT2D eigenvalue weighted by atomic mass is 32.1. The molecule has 108 valence electrons. The lowest BCUT2D eigenvalue weighted by Gasteiger charge is -2.00. The topological polar surface area (TPSA) is 126 Å². The molecule has 0 unspecified atom stereocenters. The van der Waals surface area contributed by atoms with Crippen molar-refractivity contribution in [3.63, 3.8) is 0 Å². The number of phenolic OH excluding ortho intramolecular Hbond substituents is 1. The summed E-state index contributed by atoms with van der Waals surface area (Å²) in [6.45, 7) is 1.49. The first-order chi connectivity index (χ1) is 9.90. The molecule has 2 N–H and O–H groups in total. The van der Waals surface area contributed by atoms with E-state index in [1.165, 1.54) is 25.3 Å². The van der Waals surface area contributed by atoms with Gasteiger partial charge in [0.2, 0.25) is 4.77 Å². The van der Waals surface area contributed by atoms with Gasteiger partial charge < -0.3 is 5.11 Å². The molecule has 0 saturated heterocycles. The van der Waals surface area contributed by atoms with Crippen LogP contribution in [0.15, 0.2) is 28.1 Å². The third kappa shape index (κ3) is 3.00. The molecule has 0 aliphatic carbocycles. The Balaban J connectivity index is 2.46. The Kier molecular flexibility index (Phi) is 3.89. The SMILES string of the molecule is Cc1n[nH]c(=S)n(/N=C\c2ccc(O)c([N+](=O)[O-])c2)c1=O. The maximum absolute atomic E-state index is 11.8. The zero-order valence-electron chi connectivity index (χ0n) is 10.7. The van der Waals surface area contributed by atoms with Gasteiger partial charge in [0.1, 0.15) is 5.69 Å². The molecule has 0 bridgehead atoms. The molecule has 0 aliphatic heterocycles. The van der Waals surface area contributed by atoms with Crippen molar-refractivity contribution in [1.29, 1.82) is 0 Å². The number of nitro groups is 1. The Labute approximate surface area is 122 Å². The average Bonchev–Trinajstić information content (AvgIpc) is 2.44. The van der Waals surface area contributed by atoms with E-state index < -0.39 is 21.9 Å². The van der Waals surface area contributed by atoms with Crippen molar-refractivity contribution in [2.45, 2.75) is 6.92 Å². The molecule has 0 aliphatic rings. The number of benzene rings is 1. The van der Waals surface area contributed by atoms with Crippen LogP contribution in [0.2, 0.25) is 0 Å². The fraction of sp³-hybridized carbons (Fsp3) is 0.0909. The summed E-state index contributed by atoms with van der Waals surface area (Å²) in [5.41, 5.74) is -0.446. The molecular formula is C11H9N5O4S. The first-order valence-corrected chi connectivity index (χ1v) is 6.01. The Morgan fingerprint density at radius 3 is 2.95 bits per heavy atom. The van der Waals surface area contributed by atoms with E-state index in [-0.39, 0.29) is 10.5 Å². The molecule has 0 radical (unpaired) electrons. The number of H-pyrrole nitrogens is 1. The molecule has 10 heteroatoms. The maximum atomic E-state index is 11.8. The first-order valence-electron chi connectivity index (χ1n) is 5.60. The number of hydrogen-bond donors (Lipinski definition) is 2. The highest BCUT2D eigenvalue weighted by Crippen LogP contribution is 2.25. The summed E-state index contributed by atoms with van der Waals surface area (Å²) in [6, 6.07) is 3.71. The molecule has 9 nitrogen and oxygen atoms in total. The second kappa shape index (κ2) is 5.63. The van der Waals surface area contributed by atoms with Crippen LogP contribution in [0, 0.1) is 21.8 Å². The number of hydrogen-bond acceptors (Lipinski definition) is 7. The summed E-state index contributed by atoms with van der Waals surface area (Å²) < 4.78 is 0.909. The van der Waals surface area contributed by atoms with Crippen LogP contribution in [-0.4, -0.2) is 31.1 Å². The molecule has 2 aromatic rings. The number of aromatic hydroxyl groups is 1. The van der Waals surface area contributed by atoms with Gasteiger partial charge in [0.15, 0.2) is 5.75 Å². The number of aromatic nitrogens is 3. The van der Waals surface area contributed by atoms with Crippen LogP contribution in [0.5, 0.6) is 5.75 Å². The zero-order chi connectivity index (χ0) is 15.6. The Morgan fingerprint density at radius 2 is 2.29 bits per heavy atom. The van der Waals surface area contributed by atoms with Gasteiger partial charge >= 0.3 is 5.69 Å². The Bertz CT molecular complexity index is 854. The highest BCUT2D eigenvalue weighted by Gasteiger charge is 2.12. The number of rotatable bonds is 3. The van der Waals surface area contributed by atoms with Crippen LogP contribution in [0.1, 0.15) is 11.3 Å². The van der Waals surface area contributed by atoms with E-state index in [9.17, 15) is 20.0 Å². The van der Waals surface area contributed by atoms with Gasteiger partial charge in [-0.3, -0.25) is 20.0 Å². The summed E-state index contributed by atoms with van der Waals surface area (Å²) in [6.07, 6.45) is 1.22. The second-order valence-corrected chi connectivity index (χ2v) is 4.37. The van der Waals surface area contributed by atoms with Crippen LogP contribution in [0.4, 0.5) is 5.69 Å². The third-order valence-corrected chi connectivity index (χ3v) is 2.80. The molecule has 0 saturated carbocycles. The smallest absolute Gasteiger partial charge is 0.311 e. The van der Waals surface area contributed by atoms with E-state index in [1.54, 1.807) is 0 Å². The molecule has 0 spiro atoms. The van der Waals surface area contributed by atoms with Crippen molar-refractivity contribution in [3.05, 3.63) is 54.7 Å². The van der Waals surface area contributed by atoms with Crippen LogP contribution >= 0.6 is 12.2 Å². The van der Waals surface area contributed by atoms with Crippen LogP contribution in [-0.2, 0) is 0 Å². The van der Waals surface area contributed by atoms with Crippen molar-refractivity contribution >= 4 is 24.1 Å². The summed E-state index contributed by atoms with van der Waals surface area (Å²) in [4.78, 5) is 21.8. The first kappa shape index (κ1) is 14.5. The van der Waals surface area contributed by atoms with Crippen molar-refractivity contribution in [2.75, 3.05) is 0 Å². The molecular weight excluding hydrogens is 298 g/mol. The molecule has 1 aromatic heterocycles. The molecule has 21 heavy (non-hydrogen) atoms. The summed E-state index contributed by atoms with van der Waals surface area (Å²) in [5.74, 6) is -0.452. The predicted molar refractivity (Wildman–Crippen MR) is 76.2 cm³/mol. The van der Waals surface area contributed by atoms with Gasteiger partial charge in [-0.15, -0.1) is 0 Å². The quantitative estimate of drug-likeness (QED) is 0.378. The van der Waals surface area contributed by atoms with E-state index in [1.807, 2.05) is 0 Å². The predicted octanol–water partition coefficient (Wildman–Crippen LogP) is 1.11. The summed E-state index contributed by atoms with van der Waals surface area (Å²) >= 11 is 4.89. The molecule has 0 amide bonds. The van der Waals surface area contributed by atoms with Gasteiger partial charge in [0, 0.05) is 11.6 Å². The third-order valence-electron chi connectivity index (χ3n) is 2.53. The molecule has 0 atom stereocenters. The molecule has 2 rings (SSSR count). The van der Waals surface area contributed by atoms with Gasteiger partial charge in [-0.2, -0.15) is 14.9 Å².